The van der Waals surface area contributed by atoms with Gasteiger partial charge in [-0.2, -0.15) is 9.30 Å². The van der Waals surface area contributed by atoms with Crippen molar-refractivity contribution in [2.24, 2.45) is 12.0 Å². The van der Waals surface area contributed by atoms with E-state index in [1.165, 1.54) is 15.6 Å². The molecule has 1 unspecified atom stereocenters. The first-order chi connectivity index (χ1) is 12.3. The van der Waals surface area contributed by atoms with Crippen molar-refractivity contribution >= 4 is 37.5 Å². The summed E-state index contributed by atoms with van der Waals surface area (Å²) in [5.74, 6) is 0.748. The average molecular weight is 399 g/mol. The van der Waals surface area contributed by atoms with Gasteiger partial charge in [0.2, 0.25) is 10.0 Å². The Hall–Kier alpha value is -1.91. The second-order valence-corrected chi connectivity index (χ2v) is 9.04. The topological polar surface area (TPSA) is 90.2 Å². The number of thiazole rings is 1. The highest BCUT2D eigenvalue weighted by Crippen LogP contribution is 2.33. The number of ether oxygens (including phenoxy) is 2. The quantitative estimate of drug-likeness (QED) is 0.768. The number of fused-ring (bicyclic) bond motifs is 1. The first-order valence-electron chi connectivity index (χ1n) is 8.03. The SMILES string of the molecule is COc1cc2sc(=NC(=O)C3CCCN3S(C)(=O)=O)n(C)c2cc1OC. The molecule has 0 bridgehead atoms. The van der Waals surface area contributed by atoms with E-state index >= 15 is 0 Å². The molecule has 0 radical (unpaired) electrons. The Morgan fingerprint density at radius 1 is 1.27 bits per heavy atom. The number of hydrogen-bond acceptors (Lipinski definition) is 6. The van der Waals surface area contributed by atoms with Gasteiger partial charge in [-0.25, -0.2) is 8.42 Å². The Morgan fingerprint density at radius 3 is 2.54 bits per heavy atom. The van der Waals surface area contributed by atoms with Gasteiger partial charge in [0, 0.05) is 25.7 Å². The third-order valence-electron chi connectivity index (χ3n) is 4.44. The van der Waals surface area contributed by atoms with Gasteiger partial charge in [0.25, 0.3) is 5.91 Å². The van der Waals surface area contributed by atoms with Crippen molar-refractivity contribution in [3.05, 3.63) is 16.9 Å². The molecule has 1 aliphatic rings. The summed E-state index contributed by atoms with van der Waals surface area (Å²) in [4.78, 5) is 17.3. The van der Waals surface area contributed by atoms with E-state index in [1.54, 1.807) is 25.8 Å². The number of rotatable bonds is 4. The molecule has 0 N–H and O–H groups in total. The van der Waals surface area contributed by atoms with Crippen molar-refractivity contribution in [1.29, 1.82) is 0 Å². The third kappa shape index (κ3) is 3.36. The molecule has 1 aromatic heterocycles. The molecule has 10 heteroatoms. The Labute approximate surface area is 155 Å². The molecule has 2 aromatic rings. The number of nitrogens with zero attached hydrogens (tertiary/aromatic N) is 3. The highest BCUT2D eigenvalue weighted by Gasteiger charge is 2.36. The molecule has 0 saturated carbocycles. The van der Waals surface area contributed by atoms with Gasteiger partial charge in [-0.15, -0.1) is 0 Å². The number of amides is 1. The molecule has 26 heavy (non-hydrogen) atoms. The lowest BCUT2D eigenvalue weighted by Crippen LogP contribution is -2.39. The van der Waals surface area contributed by atoms with Crippen LogP contribution in [0.5, 0.6) is 11.5 Å². The normalized spacial score (nSPS) is 19.2. The van der Waals surface area contributed by atoms with Crippen molar-refractivity contribution in [2.45, 2.75) is 18.9 Å². The van der Waals surface area contributed by atoms with Gasteiger partial charge in [-0.3, -0.25) is 4.79 Å². The summed E-state index contributed by atoms with van der Waals surface area (Å²) < 4.78 is 38.2. The number of hydrogen-bond donors (Lipinski definition) is 0. The molecule has 8 nitrogen and oxygen atoms in total. The maximum absolute atomic E-state index is 12.6. The number of carbonyl (C=O) groups excluding carboxylic acids is 1. The van der Waals surface area contributed by atoms with Crippen LogP contribution in [0.25, 0.3) is 10.2 Å². The summed E-state index contributed by atoms with van der Waals surface area (Å²) in [7, 11) is 1.50. The lowest BCUT2D eigenvalue weighted by Gasteiger charge is -2.18. The summed E-state index contributed by atoms with van der Waals surface area (Å²) in [6.07, 6.45) is 2.27. The molecule has 0 aliphatic carbocycles. The zero-order chi connectivity index (χ0) is 19.1. The molecule has 142 valence electrons. The first kappa shape index (κ1) is 18.9. The molecule has 1 saturated heterocycles. The molecule has 3 rings (SSSR count). The van der Waals surface area contributed by atoms with Crippen LogP contribution in [-0.4, -0.2) is 56.3 Å². The highest BCUT2D eigenvalue weighted by atomic mass is 32.2. The van der Waals surface area contributed by atoms with Gasteiger partial charge < -0.3 is 14.0 Å². The van der Waals surface area contributed by atoms with Crippen LogP contribution < -0.4 is 14.3 Å². The molecule has 1 aliphatic heterocycles. The molecule has 2 heterocycles. The maximum atomic E-state index is 12.6. The van der Waals surface area contributed by atoms with E-state index in [4.69, 9.17) is 9.47 Å². The van der Waals surface area contributed by atoms with Crippen LogP contribution in [-0.2, 0) is 21.9 Å². The molecule has 0 spiro atoms. The zero-order valence-electron chi connectivity index (χ0n) is 15.1. The minimum Gasteiger partial charge on any atom is -0.493 e. The molecule has 1 fully saturated rings. The van der Waals surface area contributed by atoms with E-state index in [0.717, 1.165) is 16.5 Å². The fourth-order valence-corrected chi connectivity index (χ4v) is 5.27. The van der Waals surface area contributed by atoms with Gasteiger partial charge in [0.05, 0.1) is 30.7 Å². The Balaban J connectivity index is 2.04. The van der Waals surface area contributed by atoms with E-state index in [1.807, 2.05) is 12.1 Å². The monoisotopic (exact) mass is 399 g/mol. The number of carbonyl (C=O) groups is 1. The maximum Gasteiger partial charge on any atom is 0.266 e. The van der Waals surface area contributed by atoms with E-state index in [0.29, 0.717) is 35.7 Å². The Kier molecular flexibility index (Phi) is 5.09. The number of aryl methyl sites for hydroxylation is 1. The lowest BCUT2D eigenvalue weighted by molar-refractivity contribution is -0.121. The summed E-state index contributed by atoms with van der Waals surface area (Å²) in [5.41, 5.74) is 0.852. The number of benzene rings is 1. The third-order valence-corrected chi connectivity index (χ3v) is 6.82. The molecule has 1 aromatic carbocycles. The molecule has 1 atom stereocenters. The number of sulfonamides is 1. The Bertz CT molecular complexity index is 1020. The van der Waals surface area contributed by atoms with Crippen molar-refractivity contribution in [2.75, 3.05) is 27.0 Å². The second kappa shape index (κ2) is 7.01. The molecule has 1 amide bonds. The number of methoxy groups -OCH3 is 2. The molecular formula is C16H21N3O5S2. The van der Waals surface area contributed by atoms with Crippen LogP contribution in [0, 0.1) is 0 Å². The van der Waals surface area contributed by atoms with E-state index in [-0.39, 0.29) is 0 Å². The fraction of sp³-hybridized carbons (Fsp3) is 0.500. The van der Waals surface area contributed by atoms with Crippen LogP contribution in [0.15, 0.2) is 17.1 Å². The van der Waals surface area contributed by atoms with Crippen LogP contribution in [0.4, 0.5) is 0 Å². The van der Waals surface area contributed by atoms with Gasteiger partial charge in [-0.1, -0.05) is 11.3 Å². The fourth-order valence-electron chi connectivity index (χ4n) is 3.11. The van der Waals surface area contributed by atoms with Crippen molar-refractivity contribution in [1.82, 2.24) is 8.87 Å². The van der Waals surface area contributed by atoms with E-state index < -0.39 is 22.0 Å². The molecular weight excluding hydrogens is 378 g/mol. The summed E-state index contributed by atoms with van der Waals surface area (Å²) in [6, 6.07) is 2.94. The second-order valence-electron chi connectivity index (χ2n) is 6.10. The van der Waals surface area contributed by atoms with Gasteiger partial charge in [-0.05, 0) is 12.8 Å². The number of aromatic nitrogens is 1. The van der Waals surface area contributed by atoms with E-state index in [9.17, 15) is 13.2 Å². The van der Waals surface area contributed by atoms with Crippen LogP contribution in [0.3, 0.4) is 0 Å². The predicted molar refractivity (Wildman–Crippen MR) is 99.0 cm³/mol. The van der Waals surface area contributed by atoms with Crippen LogP contribution in [0.2, 0.25) is 0 Å². The van der Waals surface area contributed by atoms with Gasteiger partial charge in [0.15, 0.2) is 16.3 Å². The van der Waals surface area contributed by atoms with Crippen molar-refractivity contribution in [3.8, 4) is 11.5 Å². The summed E-state index contributed by atoms with van der Waals surface area (Å²) in [6.45, 7) is 0.359. The van der Waals surface area contributed by atoms with Crippen LogP contribution >= 0.6 is 11.3 Å². The standard InChI is InChI=1S/C16H21N3O5S2/c1-18-11-8-12(23-2)13(24-3)9-14(11)25-16(18)17-15(20)10-6-5-7-19(10)26(4,21)22/h8-10H,5-7H2,1-4H3. The minimum atomic E-state index is -3.43. The minimum absolute atomic E-state index is 0.359. The first-order valence-corrected chi connectivity index (χ1v) is 10.7. The average Bonchev–Trinajstić information content (AvgIpc) is 3.19. The van der Waals surface area contributed by atoms with Gasteiger partial charge in [0.1, 0.15) is 6.04 Å². The zero-order valence-corrected chi connectivity index (χ0v) is 16.7. The summed E-state index contributed by atoms with van der Waals surface area (Å²) >= 11 is 1.34. The van der Waals surface area contributed by atoms with Gasteiger partial charge >= 0.3 is 0 Å². The van der Waals surface area contributed by atoms with Crippen LogP contribution in [0.1, 0.15) is 12.8 Å². The Morgan fingerprint density at radius 2 is 1.92 bits per heavy atom. The van der Waals surface area contributed by atoms with Crippen molar-refractivity contribution < 1.29 is 22.7 Å². The smallest absolute Gasteiger partial charge is 0.266 e. The van der Waals surface area contributed by atoms with E-state index in [2.05, 4.69) is 4.99 Å². The summed E-state index contributed by atoms with van der Waals surface area (Å²) in [5, 5.41) is 0. The lowest BCUT2D eigenvalue weighted by atomic mass is 10.2. The predicted octanol–water partition coefficient (Wildman–Crippen LogP) is 1.11. The highest BCUT2D eigenvalue weighted by molar-refractivity contribution is 7.88. The van der Waals surface area contributed by atoms with Crippen molar-refractivity contribution in [3.63, 3.8) is 0 Å². The largest absolute Gasteiger partial charge is 0.493 e.